The minimum Gasteiger partial charge on any atom is -0.496 e. The molecule has 0 saturated carbocycles. The minimum atomic E-state index is 0.387. The fourth-order valence-corrected chi connectivity index (χ4v) is 3.28. The molecule has 24 heavy (non-hydrogen) atoms. The van der Waals surface area contributed by atoms with Crippen LogP contribution in [-0.4, -0.2) is 28.5 Å². The molecule has 0 aliphatic carbocycles. The van der Waals surface area contributed by atoms with Crippen LogP contribution < -0.4 is 4.74 Å². The van der Waals surface area contributed by atoms with E-state index in [-0.39, 0.29) is 0 Å². The zero-order chi connectivity index (χ0) is 17.3. The molecule has 0 amide bonds. The average molecular weight is 325 g/mol. The van der Waals surface area contributed by atoms with Crippen molar-refractivity contribution in [2.75, 3.05) is 13.7 Å². The first-order valence-electron chi connectivity index (χ1n) is 8.69. The molecule has 0 bridgehead atoms. The smallest absolute Gasteiger partial charge is 0.131 e. The van der Waals surface area contributed by atoms with Gasteiger partial charge in [-0.05, 0) is 36.6 Å². The van der Waals surface area contributed by atoms with Crippen molar-refractivity contribution in [3.63, 3.8) is 0 Å². The second-order valence-corrected chi connectivity index (χ2v) is 7.06. The number of benzene rings is 1. The quantitative estimate of drug-likeness (QED) is 0.857. The highest BCUT2D eigenvalue weighted by atomic mass is 16.5. The minimum absolute atomic E-state index is 0.387. The summed E-state index contributed by atoms with van der Waals surface area (Å²) in [5, 5.41) is 0. The van der Waals surface area contributed by atoms with Crippen molar-refractivity contribution in [1.82, 2.24) is 14.9 Å². The Bertz CT molecular complexity index is 740. The van der Waals surface area contributed by atoms with Crippen molar-refractivity contribution >= 4 is 0 Å². The Balaban J connectivity index is 1.76. The van der Waals surface area contributed by atoms with Crippen molar-refractivity contribution in [3.05, 3.63) is 52.1 Å². The number of fused-ring (bicyclic) bond motifs is 1. The van der Waals surface area contributed by atoms with Crippen LogP contribution in [0.15, 0.2) is 18.3 Å². The third-order valence-electron chi connectivity index (χ3n) is 4.80. The summed E-state index contributed by atoms with van der Waals surface area (Å²) >= 11 is 0. The van der Waals surface area contributed by atoms with Crippen molar-refractivity contribution in [2.24, 2.45) is 0 Å². The molecular formula is C20H27N3O. The number of hydrogen-bond donors (Lipinski definition) is 0. The van der Waals surface area contributed by atoms with Crippen LogP contribution in [0.2, 0.25) is 0 Å². The molecule has 0 unspecified atom stereocenters. The van der Waals surface area contributed by atoms with Crippen LogP contribution in [0.5, 0.6) is 5.75 Å². The topological polar surface area (TPSA) is 38.2 Å². The van der Waals surface area contributed by atoms with Crippen LogP contribution in [0, 0.1) is 13.8 Å². The Kier molecular flexibility index (Phi) is 4.86. The van der Waals surface area contributed by atoms with Gasteiger partial charge in [-0.15, -0.1) is 0 Å². The van der Waals surface area contributed by atoms with E-state index in [0.29, 0.717) is 5.92 Å². The maximum absolute atomic E-state index is 5.42. The molecule has 3 rings (SSSR count). The van der Waals surface area contributed by atoms with Gasteiger partial charge in [0.2, 0.25) is 0 Å². The number of nitrogens with zero attached hydrogens (tertiary/aromatic N) is 3. The van der Waals surface area contributed by atoms with Gasteiger partial charge in [0.15, 0.2) is 0 Å². The number of rotatable bonds is 4. The van der Waals surface area contributed by atoms with Gasteiger partial charge in [-0.25, -0.2) is 9.97 Å². The zero-order valence-corrected chi connectivity index (χ0v) is 15.4. The molecule has 0 radical (unpaired) electrons. The van der Waals surface area contributed by atoms with Gasteiger partial charge in [-0.2, -0.15) is 0 Å². The zero-order valence-electron chi connectivity index (χ0n) is 15.4. The second kappa shape index (κ2) is 6.89. The summed E-state index contributed by atoms with van der Waals surface area (Å²) in [7, 11) is 1.73. The van der Waals surface area contributed by atoms with Crippen LogP contribution in [-0.2, 0) is 19.5 Å². The molecule has 1 aliphatic heterocycles. The SMILES string of the molecule is COc1cc(C)c(CN2CCc3nc(C(C)C)ncc3C2)cc1C. The summed E-state index contributed by atoms with van der Waals surface area (Å²) in [6, 6.07) is 4.39. The maximum atomic E-state index is 5.42. The van der Waals surface area contributed by atoms with Crippen molar-refractivity contribution < 1.29 is 4.74 Å². The molecule has 4 nitrogen and oxygen atoms in total. The third kappa shape index (κ3) is 3.44. The Hall–Kier alpha value is -1.94. The number of ether oxygens (including phenoxy) is 1. The Morgan fingerprint density at radius 1 is 1.21 bits per heavy atom. The van der Waals surface area contributed by atoms with Gasteiger partial charge in [0.25, 0.3) is 0 Å². The molecule has 0 spiro atoms. The van der Waals surface area contributed by atoms with Gasteiger partial charge in [0.05, 0.1) is 7.11 Å². The molecule has 0 atom stereocenters. The lowest BCUT2D eigenvalue weighted by atomic mass is 10.0. The molecule has 2 aromatic rings. The molecule has 0 saturated heterocycles. The first kappa shape index (κ1) is 16.9. The molecule has 128 valence electrons. The number of hydrogen-bond acceptors (Lipinski definition) is 4. The molecule has 0 fully saturated rings. The van der Waals surface area contributed by atoms with Gasteiger partial charge >= 0.3 is 0 Å². The van der Waals surface area contributed by atoms with E-state index in [0.717, 1.165) is 37.6 Å². The van der Waals surface area contributed by atoms with E-state index in [4.69, 9.17) is 9.72 Å². The van der Waals surface area contributed by atoms with Gasteiger partial charge in [-0.1, -0.05) is 19.9 Å². The van der Waals surface area contributed by atoms with Crippen LogP contribution in [0.4, 0.5) is 0 Å². The predicted octanol–water partition coefficient (Wildman–Crippen LogP) is 3.78. The Morgan fingerprint density at radius 2 is 2.00 bits per heavy atom. The summed E-state index contributed by atoms with van der Waals surface area (Å²) in [5.74, 6) is 2.32. The van der Waals surface area contributed by atoms with Gasteiger partial charge in [0.1, 0.15) is 11.6 Å². The highest BCUT2D eigenvalue weighted by Gasteiger charge is 2.20. The fourth-order valence-electron chi connectivity index (χ4n) is 3.28. The van der Waals surface area contributed by atoms with E-state index in [2.05, 4.69) is 49.7 Å². The lowest BCUT2D eigenvalue weighted by Crippen LogP contribution is -2.31. The standard InChI is InChI=1S/C20H27N3O/c1-13(2)20-21-10-17-12-23(7-6-18(17)22-20)11-16-8-15(4)19(24-5)9-14(16)3/h8-10,13H,6-7,11-12H2,1-5H3. The van der Waals surface area contributed by atoms with Crippen LogP contribution in [0.1, 0.15) is 53.5 Å². The van der Waals surface area contributed by atoms with Crippen LogP contribution >= 0.6 is 0 Å². The van der Waals surface area contributed by atoms with E-state index in [1.165, 1.54) is 27.9 Å². The lowest BCUT2D eigenvalue weighted by molar-refractivity contribution is 0.242. The summed E-state index contributed by atoms with van der Waals surface area (Å²) in [4.78, 5) is 11.8. The third-order valence-corrected chi connectivity index (χ3v) is 4.80. The summed E-state index contributed by atoms with van der Waals surface area (Å²) in [6.07, 6.45) is 3.03. The van der Waals surface area contributed by atoms with Crippen molar-refractivity contribution in [3.8, 4) is 5.75 Å². The van der Waals surface area contributed by atoms with Gasteiger partial charge in [-0.3, -0.25) is 4.90 Å². The highest BCUT2D eigenvalue weighted by molar-refractivity contribution is 5.41. The first-order chi connectivity index (χ1) is 11.5. The van der Waals surface area contributed by atoms with E-state index in [1.807, 2.05) is 6.20 Å². The molecule has 1 aromatic heterocycles. The second-order valence-electron chi connectivity index (χ2n) is 7.06. The number of aryl methyl sites for hydroxylation is 2. The first-order valence-corrected chi connectivity index (χ1v) is 8.69. The maximum Gasteiger partial charge on any atom is 0.131 e. The largest absolute Gasteiger partial charge is 0.496 e. The Morgan fingerprint density at radius 3 is 2.71 bits per heavy atom. The predicted molar refractivity (Wildman–Crippen MR) is 96.4 cm³/mol. The molecular weight excluding hydrogens is 298 g/mol. The van der Waals surface area contributed by atoms with Crippen molar-refractivity contribution in [2.45, 2.75) is 53.1 Å². The van der Waals surface area contributed by atoms with Gasteiger partial charge in [0, 0.05) is 49.4 Å². The van der Waals surface area contributed by atoms with Crippen LogP contribution in [0.3, 0.4) is 0 Å². The fraction of sp³-hybridized carbons (Fsp3) is 0.500. The number of aromatic nitrogens is 2. The molecule has 1 aromatic carbocycles. The highest BCUT2D eigenvalue weighted by Crippen LogP contribution is 2.25. The molecule has 1 aliphatic rings. The molecule has 0 N–H and O–H groups in total. The summed E-state index contributed by atoms with van der Waals surface area (Å²) in [5.41, 5.74) is 6.35. The molecule has 4 heteroatoms. The average Bonchev–Trinajstić information content (AvgIpc) is 2.57. The monoisotopic (exact) mass is 325 g/mol. The van der Waals surface area contributed by atoms with E-state index < -0.39 is 0 Å². The van der Waals surface area contributed by atoms with Crippen LogP contribution in [0.25, 0.3) is 0 Å². The summed E-state index contributed by atoms with van der Waals surface area (Å²) < 4.78 is 5.42. The van der Waals surface area contributed by atoms with E-state index in [9.17, 15) is 0 Å². The number of methoxy groups -OCH3 is 1. The van der Waals surface area contributed by atoms with E-state index in [1.54, 1.807) is 7.11 Å². The Labute approximate surface area is 144 Å². The van der Waals surface area contributed by atoms with Crippen molar-refractivity contribution in [1.29, 1.82) is 0 Å². The normalized spacial score (nSPS) is 14.8. The summed E-state index contributed by atoms with van der Waals surface area (Å²) in [6.45, 7) is 11.5. The molecule has 2 heterocycles. The van der Waals surface area contributed by atoms with Gasteiger partial charge < -0.3 is 4.74 Å². The lowest BCUT2D eigenvalue weighted by Gasteiger charge is -2.29. The van der Waals surface area contributed by atoms with E-state index >= 15 is 0 Å².